The molecular weight excluding hydrogens is 478 g/mol. The lowest BCUT2D eigenvalue weighted by molar-refractivity contribution is -0.138. The van der Waals surface area contributed by atoms with E-state index in [4.69, 9.17) is 5.73 Å². The van der Waals surface area contributed by atoms with Crippen LogP contribution in [-0.2, 0) is 17.1 Å². The molecule has 3 nitrogen and oxygen atoms in total. The van der Waals surface area contributed by atoms with Gasteiger partial charge >= 0.3 is 12.4 Å². The minimum atomic E-state index is -4.37. The van der Waals surface area contributed by atoms with Crippen LogP contribution in [0.15, 0.2) is 48.5 Å². The highest BCUT2D eigenvalue weighted by Crippen LogP contribution is 2.32. The van der Waals surface area contributed by atoms with Crippen molar-refractivity contribution in [2.24, 2.45) is 0 Å². The molecule has 0 bridgehead atoms. The van der Waals surface area contributed by atoms with Crippen molar-refractivity contribution in [2.45, 2.75) is 70.3 Å². The average Bonchev–Trinajstić information content (AvgIpc) is 2.67. The highest BCUT2D eigenvalue weighted by molar-refractivity contribution is 8.01. The summed E-state index contributed by atoms with van der Waals surface area (Å²) in [4.78, 5) is 12.1. The van der Waals surface area contributed by atoms with E-state index in [1.165, 1.54) is 42.4 Å². The summed E-state index contributed by atoms with van der Waals surface area (Å²) < 4.78 is 72.3. The van der Waals surface area contributed by atoms with Crippen LogP contribution in [0.1, 0.15) is 59.1 Å². The lowest BCUT2D eigenvalue weighted by atomic mass is 10.1. The third kappa shape index (κ3) is 12.2. The van der Waals surface area contributed by atoms with E-state index in [0.29, 0.717) is 11.4 Å². The fourth-order valence-electron chi connectivity index (χ4n) is 2.34. The number of nitrogens with one attached hydrogen (secondary N) is 1. The van der Waals surface area contributed by atoms with Crippen molar-refractivity contribution in [1.82, 2.24) is 0 Å². The first-order valence-corrected chi connectivity index (χ1v) is 11.4. The summed E-state index contributed by atoms with van der Waals surface area (Å²) in [6, 6.07) is 8.79. The molecule has 0 fully saturated rings. The summed E-state index contributed by atoms with van der Waals surface area (Å²) in [6.07, 6.45) is -7.39. The monoisotopic (exact) mass is 510 g/mol. The Hall–Kier alpha value is -2.36. The fraction of sp³-hybridized carbons (Fsp3) is 0.458. The van der Waals surface area contributed by atoms with Crippen LogP contribution in [0.2, 0.25) is 0 Å². The number of halogens is 6. The molecule has 0 aliphatic rings. The van der Waals surface area contributed by atoms with Gasteiger partial charge in [0.15, 0.2) is 0 Å². The Kier molecular flexibility index (Phi) is 12.6. The van der Waals surface area contributed by atoms with Crippen LogP contribution in [0.25, 0.3) is 0 Å². The summed E-state index contributed by atoms with van der Waals surface area (Å²) in [5.41, 5.74) is 4.49. The summed E-state index contributed by atoms with van der Waals surface area (Å²) >= 11 is 1.50. The molecule has 2 rings (SSSR count). The van der Waals surface area contributed by atoms with Crippen molar-refractivity contribution in [3.8, 4) is 0 Å². The smallest absolute Gasteiger partial charge is 0.399 e. The molecule has 0 unspecified atom stereocenters. The van der Waals surface area contributed by atoms with E-state index in [9.17, 15) is 31.1 Å². The van der Waals surface area contributed by atoms with Crippen LogP contribution < -0.4 is 11.1 Å². The van der Waals surface area contributed by atoms with Gasteiger partial charge in [0.1, 0.15) is 0 Å². The van der Waals surface area contributed by atoms with Crippen LogP contribution in [0.3, 0.4) is 0 Å². The zero-order valence-electron chi connectivity index (χ0n) is 20.1. The molecule has 2 aromatic rings. The first-order valence-electron chi connectivity index (χ1n) is 10.5. The largest absolute Gasteiger partial charge is 0.416 e. The van der Waals surface area contributed by atoms with Crippen molar-refractivity contribution < 1.29 is 31.1 Å². The molecule has 0 aromatic heterocycles. The van der Waals surface area contributed by atoms with Crippen LogP contribution in [0, 0.1) is 0 Å². The topological polar surface area (TPSA) is 55.1 Å². The van der Waals surface area contributed by atoms with Crippen molar-refractivity contribution >= 4 is 29.0 Å². The molecule has 192 valence electrons. The van der Waals surface area contributed by atoms with Gasteiger partial charge in [-0.2, -0.15) is 26.3 Å². The van der Waals surface area contributed by atoms with Crippen LogP contribution in [-0.4, -0.2) is 15.9 Å². The highest BCUT2D eigenvalue weighted by Gasteiger charge is 2.32. The molecule has 0 aliphatic heterocycles. The second-order valence-corrected chi connectivity index (χ2v) is 10.2. The van der Waals surface area contributed by atoms with E-state index in [-0.39, 0.29) is 11.2 Å². The van der Waals surface area contributed by atoms with E-state index < -0.39 is 28.2 Å². The maximum absolute atomic E-state index is 12.4. The Bertz CT molecular complexity index is 861. The Morgan fingerprint density at radius 2 is 1.21 bits per heavy atom. The van der Waals surface area contributed by atoms with E-state index in [1.54, 1.807) is 13.8 Å². The highest BCUT2D eigenvalue weighted by atomic mass is 32.2. The third-order valence-corrected chi connectivity index (χ3v) is 5.03. The molecule has 0 saturated carbocycles. The van der Waals surface area contributed by atoms with Crippen LogP contribution >= 0.6 is 11.8 Å². The standard InChI is InChI=1S/C14H18F3NOS.C7H6F3N.C3H8/c1-9(2)20-13(3,4)12(19)18-11-7-5-10(6-8-11)14(15,16)17;8-7(9,10)5-1-3-6(11)4-2-5;1-3-2/h5-9H,1-4H3,(H,18,19);1-4H,11H2;3H2,1-2H3. The number of thioether (sulfide) groups is 1. The number of hydrogen-bond donors (Lipinski definition) is 2. The number of nitrogen functional groups attached to an aromatic ring is 1. The number of rotatable bonds is 4. The van der Waals surface area contributed by atoms with Crippen molar-refractivity contribution in [3.63, 3.8) is 0 Å². The SMILES string of the molecule is CC(C)SC(C)(C)C(=O)Nc1ccc(C(F)(F)F)cc1.CCC.Nc1ccc(C(F)(F)F)cc1. The molecule has 0 saturated heterocycles. The predicted octanol–water partition coefficient (Wildman–Crippen LogP) is 8.27. The second kappa shape index (κ2) is 13.5. The second-order valence-electron chi connectivity index (χ2n) is 8.03. The molecule has 10 heteroatoms. The number of carbonyl (C=O) groups excluding carboxylic acids is 1. The average molecular weight is 511 g/mol. The van der Waals surface area contributed by atoms with Crippen LogP contribution in [0.4, 0.5) is 37.7 Å². The number of nitrogens with two attached hydrogens (primary N) is 1. The summed E-state index contributed by atoms with van der Waals surface area (Å²) in [6.45, 7) is 11.8. The fourth-order valence-corrected chi connectivity index (χ4v) is 3.68. The molecule has 0 aliphatic carbocycles. The van der Waals surface area contributed by atoms with Gasteiger partial charge in [0.2, 0.25) is 5.91 Å². The third-order valence-electron chi connectivity index (χ3n) is 3.79. The normalized spacial score (nSPS) is 11.7. The molecule has 3 N–H and O–H groups in total. The Morgan fingerprint density at radius 1 is 0.853 bits per heavy atom. The number of anilines is 2. The van der Waals surface area contributed by atoms with Gasteiger partial charge < -0.3 is 11.1 Å². The van der Waals surface area contributed by atoms with E-state index >= 15 is 0 Å². The Morgan fingerprint density at radius 3 is 1.53 bits per heavy atom. The molecule has 0 heterocycles. The Labute approximate surface area is 201 Å². The first-order chi connectivity index (χ1) is 15.4. The van der Waals surface area contributed by atoms with E-state index in [1.807, 2.05) is 13.8 Å². The number of benzene rings is 2. The minimum absolute atomic E-state index is 0.226. The van der Waals surface area contributed by atoms with Gasteiger partial charge in [-0.1, -0.05) is 34.1 Å². The molecule has 0 radical (unpaired) electrons. The maximum atomic E-state index is 12.4. The molecular formula is C24H32F6N2OS. The lowest BCUT2D eigenvalue weighted by Gasteiger charge is -2.25. The Balaban J connectivity index is 0.000000651. The molecule has 2 aromatic carbocycles. The van der Waals surface area contributed by atoms with Gasteiger partial charge in [-0.15, -0.1) is 11.8 Å². The summed E-state index contributed by atoms with van der Waals surface area (Å²) in [5.74, 6) is -0.226. The molecule has 34 heavy (non-hydrogen) atoms. The minimum Gasteiger partial charge on any atom is -0.399 e. The quantitative estimate of drug-likeness (QED) is 0.322. The lowest BCUT2D eigenvalue weighted by Crippen LogP contribution is -2.35. The molecule has 0 spiro atoms. The predicted molar refractivity (Wildman–Crippen MR) is 129 cm³/mol. The van der Waals surface area contributed by atoms with Crippen LogP contribution in [0.5, 0.6) is 0 Å². The van der Waals surface area contributed by atoms with Gasteiger partial charge in [0.25, 0.3) is 0 Å². The van der Waals surface area contributed by atoms with Crippen molar-refractivity contribution in [2.75, 3.05) is 11.1 Å². The zero-order valence-corrected chi connectivity index (χ0v) is 20.9. The number of hydrogen-bond acceptors (Lipinski definition) is 3. The van der Waals surface area contributed by atoms with Crippen molar-refractivity contribution in [1.29, 1.82) is 0 Å². The van der Waals surface area contributed by atoms with E-state index in [2.05, 4.69) is 19.2 Å². The van der Waals surface area contributed by atoms with Gasteiger partial charge in [-0.05, 0) is 62.4 Å². The summed E-state index contributed by atoms with van der Waals surface area (Å²) in [7, 11) is 0. The number of amides is 1. The van der Waals surface area contributed by atoms with Gasteiger partial charge in [-0.3, -0.25) is 4.79 Å². The number of carbonyl (C=O) groups is 1. The van der Waals surface area contributed by atoms with E-state index in [0.717, 1.165) is 24.3 Å². The zero-order chi connectivity index (χ0) is 26.7. The van der Waals surface area contributed by atoms with Crippen molar-refractivity contribution in [3.05, 3.63) is 59.7 Å². The van der Waals surface area contributed by atoms with Gasteiger partial charge in [0, 0.05) is 16.6 Å². The summed E-state index contributed by atoms with van der Waals surface area (Å²) in [5, 5.41) is 2.92. The molecule has 0 atom stereocenters. The maximum Gasteiger partial charge on any atom is 0.416 e. The number of alkyl halides is 6. The van der Waals surface area contributed by atoms with Gasteiger partial charge in [-0.25, -0.2) is 0 Å². The van der Waals surface area contributed by atoms with Gasteiger partial charge in [0.05, 0.1) is 15.9 Å². The molecule has 1 amide bonds. The first kappa shape index (κ1) is 31.6.